The molecule has 146 valence electrons. The van der Waals surface area contributed by atoms with Crippen molar-refractivity contribution in [2.24, 2.45) is 5.73 Å². The van der Waals surface area contributed by atoms with Crippen LogP contribution in [0.15, 0.2) is 48.8 Å². The molecule has 4 N–H and O–H groups in total. The monoisotopic (exact) mass is 390 g/mol. The number of aromatic amines is 1. The highest BCUT2D eigenvalue weighted by molar-refractivity contribution is 6.10. The zero-order valence-corrected chi connectivity index (χ0v) is 15.8. The Morgan fingerprint density at radius 3 is 2.72 bits per heavy atom. The number of hydrogen-bond acceptors (Lipinski definition) is 5. The maximum Gasteiger partial charge on any atom is 0.276 e. The Hall–Kier alpha value is -4.14. The van der Waals surface area contributed by atoms with Crippen molar-refractivity contribution in [2.45, 2.75) is 6.92 Å². The molecule has 0 unspecified atom stereocenters. The van der Waals surface area contributed by atoms with Crippen molar-refractivity contribution in [3.63, 3.8) is 0 Å². The van der Waals surface area contributed by atoms with E-state index in [2.05, 4.69) is 20.3 Å². The third-order valence-corrected chi connectivity index (χ3v) is 4.51. The van der Waals surface area contributed by atoms with E-state index < -0.39 is 11.8 Å². The lowest BCUT2D eigenvalue weighted by atomic mass is 10.2. The number of para-hydroxylation sites is 2. The van der Waals surface area contributed by atoms with Crippen LogP contribution in [0.3, 0.4) is 0 Å². The van der Waals surface area contributed by atoms with Crippen molar-refractivity contribution in [3.05, 3.63) is 65.7 Å². The molecule has 0 aliphatic rings. The first kappa shape index (κ1) is 18.2. The number of imidazole rings is 2. The number of methoxy groups -OCH3 is 1. The quantitative estimate of drug-likeness (QED) is 0.482. The number of aromatic nitrogens is 4. The van der Waals surface area contributed by atoms with Crippen LogP contribution in [0.25, 0.3) is 17.0 Å². The molecule has 9 heteroatoms. The summed E-state index contributed by atoms with van der Waals surface area (Å²) in [5, 5.41) is 2.75. The number of nitrogens with zero attached hydrogens (tertiary/aromatic N) is 3. The summed E-state index contributed by atoms with van der Waals surface area (Å²) in [5.41, 5.74) is 8.26. The van der Waals surface area contributed by atoms with Gasteiger partial charge in [0, 0.05) is 11.8 Å². The molecule has 0 atom stereocenters. The largest absolute Gasteiger partial charge is 0.497 e. The zero-order valence-electron chi connectivity index (χ0n) is 15.8. The fourth-order valence-corrected chi connectivity index (χ4v) is 3.01. The summed E-state index contributed by atoms with van der Waals surface area (Å²) >= 11 is 0. The Kier molecular flexibility index (Phi) is 4.47. The normalized spacial score (nSPS) is 10.8. The average Bonchev–Trinajstić information content (AvgIpc) is 3.33. The van der Waals surface area contributed by atoms with Crippen molar-refractivity contribution < 1.29 is 14.3 Å². The number of amides is 2. The second-order valence-electron chi connectivity index (χ2n) is 6.39. The molecule has 29 heavy (non-hydrogen) atoms. The van der Waals surface area contributed by atoms with E-state index >= 15 is 0 Å². The van der Waals surface area contributed by atoms with Gasteiger partial charge in [-0.25, -0.2) is 9.97 Å². The number of anilines is 1. The number of ether oxygens (including phenoxy) is 1. The van der Waals surface area contributed by atoms with Gasteiger partial charge < -0.3 is 20.8 Å². The third kappa shape index (κ3) is 3.29. The molecule has 2 amide bonds. The molecular formula is C20H18N6O3. The Morgan fingerprint density at radius 1 is 1.21 bits per heavy atom. The lowest BCUT2D eigenvalue weighted by Crippen LogP contribution is -2.23. The van der Waals surface area contributed by atoms with Crippen molar-refractivity contribution in [3.8, 4) is 11.7 Å². The Bertz CT molecular complexity index is 1210. The number of rotatable bonds is 5. The van der Waals surface area contributed by atoms with Gasteiger partial charge in [-0.1, -0.05) is 18.2 Å². The van der Waals surface area contributed by atoms with Crippen molar-refractivity contribution >= 4 is 28.5 Å². The molecule has 0 aliphatic carbocycles. The highest BCUT2D eigenvalue weighted by atomic mass is 16.5. The van der Waals surface area contributed by atoms with Gasteiger partial charge in [-0.15, -0.1) is 0 Å². The second-order valence-corrected chi connectivity index (χ2v) is 6.39. The fraction of sp³-hybridized carbons (Fsp3) is 0.100. The molecule has 0 bridgehead atoms. The minimum Gasteiger partial charge on any atom is -0.497 e. The highest BCUT2D eigenvalue weighted by Crippen LogP contribution is 2.23. The Balaban J connectivity index is 1.73. The van der Waals surface area contributed by atoms with Crippen LogP contribution >= 0.6 is 0 Å². The molecule has 0 radical (unpaired) electrons. The molecule has 0 saturated heterocycles. The van der Waals surface area contributed by atoms with Gasteiger partial charge in [-0.05, 0) is 30.7 Å². The van der Waals surface area contributed by atoms with Gasteiger partial charge in [0.2, 0.25) is 5.95 Å². The van der Waals surface area contributed by atoms with Gasteiger partial charge in [0.15, 0.2) is 5.69 Å². The summed E-state index contributed by atoms with van der Waals surface area (Å²) in [6.45, 7) is 1.84. The van der Waals surface area contributed by atoms with Crippen LogP contribution in [0.2, 0.25) is 0 Å². The minimum atomic E-state index is -0.796. The summed E-state index contributed by atoms with van der Waals surface area (Å²) in [6, 6.07) is 12.7. The van der Waals surface area contributed by atoms with Crippen LogP contribution in [0.4, 0.5) is 5.69 Å². The first-order chi connectivity index (χ1) is 14.0. The van der Waals surface area contributed by atoms with Crippen LogP contribution in [0.5, 0.6) is 5.75 Å². The summed E-state index contributed by atoms with van der Waals surface area (Å²) < 4.78 is 6.56. The first-order valence-electron chi connectivity index (χ1n) is 8.76. The number of hydrogen-bond donors (Lipinski definition) is 3. The van der Waals surface area contributed by atoms with Crippen molar-refractivity contribution in [2.75, 3.05) is 12.4 Å². The second kappa shape index (κ2) is 7.12. The minimum absolute atomic E-state index is 0.0675. The van der Waals surface area contributed by atoms with E-state index in [-0.39, 0.29) is 11.4 Å². The summed E-state index contributed by atoms with van der Waals surface area (Å²) in [6.07, 6.45) is 1.34. The molecule has 0 saturated carbocycles. The number of carbonyl (C=O) groups excluding carboxylic acids is 2. The third-order valence-electron chi connectivity index (χ3n) is 4.51. The van der Waals surface area contributed by atoms with Crippen LogP contribution < -0.4 is 15.8 Å². The lowest BCUT2D eigenvalue weighted by molar-refractivity contribution is 0.0970. The molecular weight excluding hydrogens is 372 g/mol. The summed E-state index contributed by atoms with van der Waals surface area (Å²) in [5.74, 6) is -0.432. The number of nitrogens with two attached hydrogens (primary N) is 1. The van der Waals surface area contributed by atoms with E-state index in [9.17, 15) is 9.59 Å². The number of benzene rings is 2. The molecule has 9 nitrogen and oxygen atoms in total. The standard InChI is InChI=1S/C20H18N6O3/c1-11-7-8-12(29-2)9-15(11)23-19(28)16-17(18(21)27)26(10-22-16)20-24-13-5-3-4-6-14(13)25-20/h3-10H,1-2H3,(H2,21,27)(H,23,28)(H,24,25). The van der Waals surface area contributed by atoms with Crippen LogP contribution in [-0.4, -0.2) is 38.4 Å². The highest BCUT2D eigenvalue weighted by Gasteiger charge is 2.24. The number of carbonyl (C=O) groups is 2. The van der Waals surface area contributed by atoms with Crippen LogP contribution in [0, 0.1) is 6.92 Å². The fourth-order valence-electron chi connectivity index (χ4n) is 3.01. The summed E-state index contributed by atoms with van der Waals surface area (Å²) in [7, 11) is 1.54. The molecule has 2 aromatic heterocycles. The lowest BCUT2D eigenvalue weighted by Gasteiger charge is -2.10. The van der Waals surface area contributed by atoms with E-state index in [1.165, 1.54) is 18.0 Å². The Morgan fingerprint density at radius 2 is 2.00 bits per heavy atom. The number of fused-ring (bicyclic) bond motifs is 1. The zero-order chi connectivity index (χ0) is 20.5. The van der Waals surface area contributed by atoms with Gasteiger partial charge in [-0.3, -0.25) is 14.2 Å². The van der Waals surface area contributed by atoms with E-state index in [4.69, 9.17) is 10.5 Å². The van der Waals surface area contributed by atoms with E-state index in [1.54, 1.807) is 12.1 Å². The van der Waals surface area contributed by atoms with Crippen LogP contribution in [0.1, 0.15) is 26.5 Å². The molecule has 0 fully saturated rings. The van der Waals surface area contributed by atoms with Gasteiger partial charge in [0.1, 0.15) is 17.8 Å². The SMILES string of the molecule is COc1ccc(C)c(NC(=O)c2ncn(-c3nc4ccccc4[nH]3)c2C(N)=O)c1. The summed E-state index contributed by atoms with van der Waals surface area (Å²) in [4.78, 5) is 36.6. The topological polar surface area (TPSA) is 128 Å². The van der Waals surface area contributed by atoms with E-state index in [0.717, 1.165) is 11.1 Å². The van der Waals surface area contributed by atoms with Crippen LogP contribution in [-0.2, 0) is 0 Å². The molecule has 0 aliphatic heterocycles. The van der Waals surface area contributed by atoms with E-state index in [1.807, 2.05) is 37.3 Å². The molecule has 4 rings (SSSR count). The Labute approximate surface area is 165 Å². The number of aryl methyl sites for hydroxylation is 1. The van der Waals surface area contributed by atoms with Gasteiger partial charge in [-0.2, -0.15) is 0 Å². The molecule has 0 spiro atoms. The number of nitrogens with one attached hydrogen (secondary N) is 2. The molecule has 2 heterocycles. The van der Waals surface area contributed by atoms with Gasteiger partial charge >= 0.3 is 0 Å². The van der Waals surface area contributed by atoms with Crippen molar-refractivity contribution in [1.29, 1.82) is 0 Å². The maximum atomic E-state index is 12.8. The molecule has 2 aromatic carbocycles. The predicted octanol–water partition coefficient (Wildman–Crippen LogP) is 2.42. The smallest absolute Gasteiger partial charge is 0.276 e. The first-order valence-corrected chi connectivity index (χ1v) is 8.76. The van der Waals surface area contributed by atoms with Gasteiger partial charge in [0.05, 0.1) is 18.1 Å². The number of primary amides is 1. The predicted molar refractivity (Wildman–Crippen MR) is 107 cm³/mol. The van der Waals surface area contributed by atoms with Crippen molar-refractivity contribution in [1.82, 2.24) is 19.5 Å². The van der Waals surface area contributed by atoms with E-state index in [0.29, 0.717) is 22.9 Å². The average molecular weight is 390 g/mol. The molecule has 4 aromatic rings. The maximum absolute atomic E-state index is 12.8. The van der Waals surface area contributed by atoms with Gasteiger partial charge in [0.25, 0.3) is 11.8 Å². The number of H-pyrrole nitrogens is 1.